The maximum atomic E-state index is 5.60. The minimum absolute atomic E-state index is 0.277. The van der Waals surface area contributed by atoms with Gasteiger partial charge in [-0.1, -0.05) is 0 Å². The molecular weight excluding hydrogens is 240 g/mol. The van der Waals surface area contributed by atoms with E-state index in [4.69, 9.17) is 28.4 Å². The molecule has 0 aromatic carbocycles. The van der Waals surface area contributed by atoms with Gasteiger partial charge in [0.05, 0.1) is 0 Å². The Morgan fingerprint density at radius 2 is 0.500 bits per heavy atom. The molecule has 0 aromatic heterocycles. The van der Waals surface area contributed by atoms with Crippen LogP contribution in [0, 0.1) is 0 Å². The predicted octanol–water partition coefficient (Wildman–Crippen LogP) is 0.766. The molecule has 4 rings (SSSR count). The highest BCUT2D eigenvalue weighted by atomic mass is 16.6. The zero-order chi connectivity index (χ0) is 11.9. The Bertz CT molecular complexity index is 307. The van der Waals surface area contributed by atoms with E-state index >= 15 is 0 Å². The van der Waals surface area contributed by atoms with Gasteiger partial charge in [0.15, 0.2) is 36.6 Å². The van der Waals surface area contributed by atoms with Crippen LogP contribution in [0.2, 0.25) is 0 Å². The first-order valence-electron chi connectivity index (χ1n) is 5.83. The van der Waals surface area contributed by atoms with Crippen molar-refractivity contribution in [3.05, 3.63) is 37.6 Å². The first kappa shape index (κ1) is 9.99. The van der Waals surface area contributed by atoms with Gasteiger partial charge in [-0.05, 0) is 0 Å². The van der Waals surface area contributed by atoms with Gasteiger partial charge >= 0.3 is 0 Å². The fraction of sp³-hybridized carbons (Fsp3) is 0.500. The first-order chi connectivity index (χ1) is 8.95. The van der Waals surface area contributed by atoms with Crippen LogP contribution in [-0.4, -0.2) is 36.6 Å². The van der Waals surface area contributed by atoms with Gasteiger partial charge in [-0.3, -0.25) is 0 Å². The SMILES string of the molecule is C1=COC2C(O1)C1OC=COC1C1OC=COC21. The molecule has 1 saturated carbocycles. The molecule has 0 spiro atoms. The summed E-state index contributed by atoms with van der Waals surface area (Å²) in [5, 5.41) is 0. The number of fused-ring (bicyclic) bond motifs is 6. The first-order valence-corrected chi connectivity index (χ1v) is 5.83. The van der Waals surface area contributed by atoms with Crippen LogP contribution < -0.4 is 0 Å². The highest BCUT2D eigenvalue weighted by Gasteiger charge is 2.59. The molecule has 3 heterocycles. The quantitative estimate of drug-likeness (QED) is 0.634. The highest BCUT2D eigenvalue weighted by molar-refractivity contribution is 5.09. The van der Waals surface area contributed by atoms with Crippen LogP contribution in [0.3, 0.4) is 0 Å². The van der Waals surface area contributed by atoms with Crippen LogP contribution in [0.15, 0.2) is 37.6 Å². The molecule has 1 aliphatic carbocycles. The van der Waals surface area contributed by atoms with Crippen LogP contribution in [-0.2, 0) is 28.4 Å². The van der Waals surface area contributed by atoms with Gasteiger partial charge in [0.1, 0.15) is 37.6 Å². The van der Waals surface area contributed by atoms with E-state index in [2.05, 4.69) is 0 Å². The number of hydrogen-bond acceptors (Lipinski definition) is 6. The van der Waals surface area contributed by atoms with Crippen LogP contribution in [0.25, 0.3) is 0 Å². The molecule has 0 bridgehead atoms. The molecule has 96 valence electrons. The molecule has 3 aliphatic heterocycles. The highest BCUT2D eigenvalue weighted by Crippen LogP contribution is 2.37. The van der Waals surface area contributed by atoms with Gasteiger partial charge in [-0.25, -0.2) is 0 Å². The minimum atomic E-state index is -0.277. The molecule has 0 radical (unpaired) electrons. The summed E-state index contributed by atoms with van der Waals surface area (Å²) in [5.74, 6) is 0. The Morgan fingerprint density at radius 1 is 0.333 bits per heavy atom. The normalized spacial score (nSPS) is 46.7. The summed E-state index contributed by atoms with van der Waals surface area (Å²) >= 11 is 0. The van der Waals surface area contributed by atoms with Crippen molar-refractivity contribution in [3.8, 4) is 0 Å². The Morgan fingerprint density at radius 3 is 0.667 bits per heavy atom. The van der Waals surface area contributed by atoms with Crippen molar-refractivity contribution in [1.82, 2.24) is 0 Å². The van der Waals surface area contributed by atoms with E-state index in [-0.39, 0.29) is 36.6 Å². The fourth-order valence-electron chi connectivity index (χ4n) is 2.79. The second kappa shape index (κ2) is 3.76. The molecule has 18 heavy (non-hydrogen) atoms. The fourth-order valence-corrected chi connectivity index (χ4v) is 2.79. The standard InChI is InChI=1S/C12H12O6/c1-2-14-8-7(13-1)9-11(17-4-3-15-9)12-10(8)16-5-6-18-12/h1-12H. The van der Waals surface area contributed by atoms with E-state index in [0.717, 1.165) is 0 Å². The predicted molar refractivity (Wildman–Crippen MR) is 56.7 cm³/mol. The molecule has 4 aliphatic rings. The van der Waals surface area contributed by atoms with Crippen LogP contribution in [0.1, 0.15) is 0 Å². The van der Waals surface area contributed by atoms with Crippen molar-refractivity contribution in [2.75, 3.05) is 0 Å². The van der Waals surface area contributed by atoms with E-state index in [1.165, 1.54) is 37.6 Å². The monoisotopic (exact) mass is 252 g/mol. The molecule has 0 N–H and O–H groups in total. The minimum Gasteiger partial charge on any atom is -0.487 e. The molecule has 0 saturated heterocycles. The number of ether oxygens (including phenoxy) is 6. The molecule has 0 aromatic rings. The Balaban J connectivity index is 1.72. The van der Waals surface area contributed by atoms with Gasteiger partial charge in [0.25, 0.3) is 0 Å². The number of rotatable bonds is 0. The van der Waals surface area contributed by atoms with E-state index < -0.39 is 0 Å². The molecule has 0 unspecified atom stereocenters. The summed E-state index contributed by atoms with van der Waals surface area (Å²) in [5.41, 5.74) is 0. The van der Waals surface area contributed by atoms with Crippen molar-refractivity contribution in [1.29, 1.82) is 0 Å². The van der Waals surface area contributed by atoms with Crippen molar-refractivity contribution in [2.45, 2.75) is 36.6 Å². The Labute approximate surface area is 103 Å². The van der Waals surface area contributed by atoms with Crippen LogP contribution in [0.5, 0.6) is 0 Å². The summed E-state index contributed by atoms with van der Waals surface area (Å²) in [6.07, 6.45) is 7.42. The largest absolute Gasteiger partial charge is 0.487 e. The zero-order valence-electron chi connectivity index (χ0n) is 9.38. The third kappa shape index (κ3) is 1.28. The topological polar surface area (TPSA) is 55.4 Å². The Hall–Kier alpha value is -1.98. The average Bonchev–Trinajstić information content (AvgIpc) is 2.48. The molecular formula is C12H12O6. The Kier molecular flexibility index (Phi) is 2.09. The molecule has 6 nitrogen and oxygen atoms in total. The van der Waals surface area contributed by atoms with Gasteiger partial charge in [-0.15, -0.1) is 0 Å². The molecule has 0 amide bonds. The van der Waals surface area contributed by atoms with E-state index in [1.54, 1.807) is 0 Å². The summed E-state index contributed by atoms with van der Waals surface area (Å²) in [6, 6.07) is 0. The summed E-state index contributed by atoms with van der Waals surface area (Å²) in [6.45, 7) is 0. The molecule has 0 atom stereocenters. The maximum absolute atomic E-state index is 5.60. The number of hydrogen-bond donors (Lipinski definition) is 0. The van der Waals surface area contributed by atoms with Crippen LogP contribution in [0.4, 0.5) is 0 Å². The third-order valence-electron chi connectivity index (χ3n) is 3.52. The van der Waals surface area contributed by atoms with Crippen LogP contribution >= 0.6 is 0 Å². The van der Waals surface area contributed by atoms with Crippen molar-refractivity contribution in [3.63, 3.8) is 0 Å². The maximum Gasteiger partial charge on any atom is 0.179 e. The zero-order valence-corrected chi connectivity index (χ0v) is 9.38. The van der Waals surface area contributed by atoms with Crippen molar-refractivity contribution >= 4 is 0 Å². The van der Waals surface area contributed by atoms with Gasteiger partial charge < -0.3 is 28.4 Å². The summed E-state index contributed by atoms with van der Waals surface area (Å²) in [4.78, 5) is 0. The summed E-state index contributed by atoms with van der Waals surface area (Å²) < 4.78 is 33.6. The summed E-state index contributed by atoms with van der Waals surface area (Å²) in [7, 11) is 0. The van der Waals surface area contributed by atoms with E-state index in [0.29, 0.717) is 0 Å². The lowest BCUT2D eigenvalue weighted by molar-refractivity contribution is -0.254. The smallest absolute Gasteiger partial charge is 0.179 e. The van der Waals surface area contributed by atoms with Crippen molar-refractivity contribution < 1.29 is 28.4 Å². The molecule has 1 fully saturated rings. The van der Waals surface area contributed by atoms with Gasteiger partial charge in [-0.2, -0.15) is 0 Å². The van der Waals surface area contributed by atoms with Gasteiger partial charge in [0, 0.05) is 0 Å². The second-order valence-corrected chi connectivity index (χ2v) is 4.42. The lowest BCUT2D eigenvalue weighted by Crippen LogP contribution is -2.67. The van der Waals surface area contributed by atoms with Crippen molar-refractivity contribution in [2.24, 2.45) is 0 Å². The average molecular weight is 252 g/mol. The third-order valence-corrected chi connectivity index (χ3v) is 3.52. The van der Waals surface area contributed by atoms with E-state index in [1.807, 2.05) is 0 Å². The lowest BCUT2D eigenvalue weighted by atomic mass is 9.83. The van der Waals surface area contributed by atoms with Gasteiger partial charge in [0.2, 0.25) is 0 Å². The molecule has 6 heteroatoms. The second-order valence-electron chi connectivity index (χ2n) is 4.42. The van der Waals surface area contributed by atoms with E-state index in [9.17, 15) is 0 Å². The lowest BCUT2D eigenvalue weighted by Gasteiger charge is -2.49.